The molecule has 1 atom stereocenters. The molecule has 1 aromatic heterocycles. The normalized spacial score (nSPS) is 18.5. The lowest BCUT2D eigenvalue weighted by Gasteiger charge is -2.33. The van der Waals surface area contributed by atoms with E-state index in [1.165, 1.54) is 0 Å². The molecule has 2 heterocycles. The smallest absolute Gasteiger partial charge is 0.253 e. The van der Waals surface area contributed by atoms with Gasteiger partial charge < -0.3 is 15.0 Å². The summed E-state index contributed by atoms with van der Waals surface area (Å²) in [5, 5.41) is 3.11. The van der Waals surface area contributed by atoms with Gasteiger partial charge in [0.15, 0.2) is 0 Å². The van der Waals surface area contributed by atoms with E-state index < -0.39 is 0 Å². The van der Waals surface area contributed by atoms with E-state index in [9.17, 15) is 9.59 Å². The van der Waals surface area contributed by atoms with Crippen LogP contribution in [0.2, 0.25) is 0 Å². The highest BCUT2D eigenvalue weighted by Gasteiger charge is 2.58. The van der Waals surface area contributed by atoms with Gasteiger partial charge >= 0.3 is 0 Å². The zero-order valence-electron chi connectivity index (χ0n) is 20.6. The molecule has 1 saturated carbocycles. The maximum Gasteiger partial charge on any atom is 0.253 e. The van der Waals surface area contributed by atoms with Gasteiger partial charge in [-0.3, -0.25) is 9.59 Å². The molecule has 2 fully saturated rings. The van der Waals surface area contributed by atoms with Crippen molar-refractivity contribution < 1.29 is 14.3 Å². The molecule has 0 unspecified atom stereocenters. The molecule has 7 heteroatoms. The Hall–Kier alpha value is -3.48. The summed E-state index contributed by atoms with van der Waals surface area (Å²) in [6, 6.07) is 13.5. The Kier molecular flexibility index (Phi) is 6.17. The van der Waals surface area contributed by atoms with Crippen LogP contribution in [-0.4, -0.2) is 53.4 Å². The van der Waals surface area contributed by atoms with Crippen molar-refractivity contribution in [1.29, 1.82) is 0 Å². The molecule has 35 heavy (non-hydrogen) atoms. The Morgan fingerprint density at radius 1 is 1.06 bits per heavy atom. The van der Waals surface area contributed by atoms with Crippen LogP contribution in [0.4, 0.5) is 0 Å². The van der Waals surface area contributed by atoms with Gasteiger partial charge in [0.1, 0.15) is 5.75 Å². The minimum atomic E-state index is 0.0294. The molecule has 1 saturated heterocycles. The fourth-order valence-electron chi connectivity index (χ4n) is 5.25. The van der Waals surface area contributed by atoms with E-state index in [4.69, 9.17) is 4.74 Å². The number of carbonyl (C=O) groups excluding carboxylic acids is 2. The Bertz CT molecular complexity index is 1280. The Labute approximate surface area is 205 Å². The van der Waals surface area contributed by atoms with Crippen molar-refractivity contribution in [2.24, 2.45) is 11.3 Å². The monoisotopic (exact) mass is 472 g/mol. The van der Waals surface area contributed by atoms with Crippen LogP contribution in [0.25, 0.3) is 11.0 Å². The van der Waals surface area contributed by atoms with Crippen LogP contribution in [0, 0.1) is 25.2 Å². The molecule has 2 amide bonds. The third-order valence-corrected chi connectivity index (χ3v) is 7.72. The van der Waals surface area contributed by atoms with Crippen molar-refractivity contribution in [1.82, 2.24) is 20.2 Å². The third kappa shape index (κ3) is 4.72. The zero-order chi connectivity index (χ0) is 24.6. The number of hydrogen-bond donors (Lipinski definition) is 1. The van der Waals surface area contributed by atoms with E-state index in [1.54, 1.807) is 7.11 Å². The molecule has 3 aromatic rings. The molecule has 182 valence electrons. The molecule has 0 radical (unpaired) electrons. The highest BCUT2D eigenvalue weighted by atomic mass is 16.5. The largest absolute Gasteiger partial charge is 0.497 e. The second-order valence-corrected chi connectivity index (χ2v) is 9.90. The lowest BCUT2D eigenvalue weighted by Crippen LogP contribution is -2.40. The van der Waals surface area contributed by atoms with Crippen LogP contribution in [0.15, 0.2) is 42.5 Å². The molecular weight excluding hydrogens is 440 g/mol. The third-order valence-electron chi connectivity index (χ3n) is 7.72. The summed E-state index contributed by atoms with van der Waals surface area (Å²) in [5.74, 6) is 1.07. The van der Waals surface area contributed by atoms with Crippen molar-refractivity contribution in [3.05, 3.63) is 65.0 Å². The van der Waals surface area contributed by atoms with Gasteiger partial charge in [-0.25, -0.2) is 9.97 Å². The van der Waals surface area contributed by atoms with Crippen molar-refractivity contribution in [2.75, 3.05) is 26.7 Å². The second-order valence-electron chi connectivity index (χ2n) is 9.90. The standard InChI is InChI=1S/C28H32N4O3/c1-18-19(2)31-25-16-21(7-8-24(25)30-18)27(34)32-13-10-28(11-14-32)17-23(28)26(33)29-12-9-20-5-4-6-22(15-20)35-3/h4-8,15-16,23H,9-14,17H2,1-3H3,(H,29,33)/t23-/m0/s1. The van der Waals surface area contributed by atoms with Crippen molar-refractivity contribution in [3.8, 4) is 5.75 Å². The zero-order valence-corrected chi connectivity index (χ0v) is 20.6. The first-order chi connectivity index (χ1) is 16.9. The maximum atomic E-state index is 13.2. The number of likely N-dealkylation sites (tertiary alicyclic amines) is 1. The Morgan fingerprint density at radius 2 is 1.80 bits per heavy atom. The van der Waals surface area contributed by atoms with Crippen LogP contribution in [0.1, 0.15) is 46.6 Å². The number of carbonyl (C=O) groups is 2. The number of aryl methyl sites for hydroxylation is 2. The average molecular weight is 473 g/mol. The quantitative estimate of drug-likeness (QED) is 0.589. The first kappa shape index (κ1) is 23.3. The van der Waals surface area contributed by atoms with Crippen molar-refractivity contribution in [2.45, 2.75) is 39.5 Å². The van der Waals surface area contributed by atoms with Crippen LogP contribution in [-0.2, 0) is 11.2 Å². The summed E-state index contributed by atoms with van der Waals surface area (Å²) in [6.45, 7) is 5.86. The number of rotatable bonds is 6. The van der Waals surface area contributed by atoms with E-state index in [-0.39, 0.29) is 23.1 Å². The number of fused-ring (bicyclic) bond motifs is 1. The van der Waals surface area contributed by atoms with Gasteiger partial charge in [-0.15, -0.1) is 0 Å². The highest BCUT2D eigenvalue weighted by molar-refractivity contribution is 5.97. The van der Waals surface area contributed by atoms with E-state index in [1.807, 2.05) is 61.2 Å². The van der Waals surface area contributed by atoms with Crippen LogP contribution in [0.5, 0.6) is 5.75 Å². The number of piperidine rings is 1. The summed E-state index contributed by atoms with van der Waals surface area (Å²) in [7, 11) is 1.66. The number of amides is 2. The maximum absolute atomic E-state index is 13.2. The predicted octanol–water partition coefficient (Wildman–Crippen LogP) is 3.86. The number of methoxy groups -OCH3 is 1. The fourth-order valence-corrected chi connectivity index (χ4v) is 5.25. The van der Waals surface area contributed by atoms with Crippen LogP contribution in [0.3, 0.4) is 0 Å². The van der Waals surface area contributed by atoms with Crippen molar-refractivity contribution >= 4 is 22.8 Å². The van der Waals surface area contributed by atoms with Gasteiger partial charge in [-0.2, -0.15) is 0 Å². The van der Waals surface area contributed by atoms with Crippen LogP contribution >= 0.6 is 0 Å². The molecule has 7 nitrogen and oxygen atoms in total. The number of nitrogens with zero attached hydrogens (tertiary/aromatic N) is 3. The average Bonchev–Trinajstić information content (AvgIpc) is 3.57. The molecule has 5 rings (SSSR count). The molecule has 1 spiro atoms. The topological polar surface area (TPSA) is 84.4 Å². The van der Waals surface area contributed by atoms with Gasteiger partial charge in [0.25, 0.3) is 5.91 Å². The van der Waals surface area contributed by atoms with Crippen molar-refractivity contribution in [3.63, 3.8) is 0 Å². The van der Waals surface area contributed by atoms with E-state index in [0.29, 0.717) is 25.2 Å². The molecule has 1 N–H and O–H groups in total. The summed E-state index contributed by atoms with van der Waals surface area (Å²) in [6.07, 6.45) is 3.45. The second kappa shape index (κ2) is 9.29. The molecule has 0 bridgehead atoms. The molecule has 1 aliphatic carbocycles. The van der Waals surface area contributed by atoms with Gasteiger partial charge in [-0.1, -0.05) is 12.1 Å². The van der Waals surface area contributed by atoms with E-state index in [2.05, 4.69) is 15.3 Å². The molecular formula is C28H32N4O3. The number of benzene rings is 2. The number of nitrogens with one attached hydrogen (secondary N) is 1. The molecule has 2 aromatic carbocycles. The minimum Gasteiger partial charge on any atom is -0.497 e. The highest BCUT2D eigenvalue weighted by Crippen LogP contribution is 2.59. The van der Waals surface area contributed by atoms with Gasteiger partial charge in [0.05, 0.1) is 29.5 Å². The van der Waals surface area contributed by atoms with E-state index >= 15 is 0 Å². The SMILES string of the molecule is COc1cccc(CCNC(=O)[C@@H]2CC23CCN(C(=O)c2ccc4nc(C)c(C)nc4c2)CC3)c1. The molecule has 1 aliphatic heterocycles. The lowest BCUT2D eigenvalue weighted by atomic mass is 9.90. The number of ether oxygens (including phenoxy) is 1. The van der Waals surface area contributed by atoms with Crippen LogP contribution < -0.4 is 10.1 Å². The summed E-state index contributed by atoms with van der Waals surface area (Å²) < 4.78 is 5.27. The summed E-state index contributed by atoms with van der Waals surface area (Å²) in [4.78, 5) is 37.0. The Morgan fingerprint density at radius 3 is 2.54 bits per heavy atom. The summed E-state index contributed by atoms with van der Waals surface area (Å²) >= 11 is 0. The lowest BCUT2D eigenvalue weighted by molar-refractivity contribution is -0.123. The first-order valence-corrected chi connectivity index (χ1v) is 12.3. The summed E-state index contributed by atoms with van der Waals surface area (Å²) in [5.41, 5.74) is 5.19. The minimum absolute atomic E-state index is 0.0294. The predicted molar refractivity (Wildman–Crippen MR) is 134 cm³/mol. The first-order valence-electron chi connectivity index (χ1n) is 12.3. The van der Waals surface area contributed by atoms with E-state index in [0.717, 1.165) is 59.4 Å². The fraction of sp³-hybridized carbons (Fsp3) is 0.429. The van der Waals surface area contributed by atoms with Gasteiger partial charge in [0.2, 0.25) is 5.91 Å². The number of hydrogen-bond acceptors (Lipinski definition) is 5. The molecule has 2 aliphatic rings. The van der Waals surface area contributed by atoms with Gasteiger partial charge in [0, 0.05) is 31.1 Å². The number of aromatic nitrogens is 2. The Balaban J connectivity index is 1.13. The van der Waals surface area contributed by atoms with Gasteiger partial charge in [-0.05, 0) is 80.8 Å².